The molecule has 3 heterocycles. The molecule has 0 radical (unpaired) electrons. The van der Waals surface area contributed by atoms with Crippen LogP contribution in [0.25, 0.3) is 0 Å². The smallest absolute Gasteiger partial charge is 0.220 e. The van der Waals surface area contributed by atoms with E-state index in [4.69, 9.17) is 28.4 Å². The number of hydrogen-bond donors (Lipinski definition) is 12. The van der Waals surface area contributed by atoms with E-state index in [1.165, 1.54) is 193 Å². The number of aliphatic hydroxyl groups excluding tert-OH is 11. The van der Waals surface area contributed by atoms with Crippen LogP contribution in [0.2, 0.25) is 0 Å². The molecule has 0 aliphatic carbocycles. The minimum atomic E-state index is -1.98. The summed E-state index contributed by atoms with van der Waals surface area (Å²) in [7, 11) is 0. The quantitative estimate of drug-likeness (QED) is 0.0199. The van der Waals surface area contributed by atoms with Gasteiger partial charge in [-0.25, -0.2) is 0 Å². The van der Waals surface area contributed by atoms with Gasteiger partial charge in [-0.1, -0.05) is 242 Å². The molecule has 1 amide bonds. The van der Waals surface area contributed by atoms with Gasteiger partial charge in [0, 0.05) is 6.42 Å². The molecule has 19 heteroatoms. The maximum absolute atomic E-state index is 13.4. The largest absolute Gasteiger partial charge is 0.394 e. The summed E-state index contributed by atoms with van der Waals surface area (Å²) in [5.74, 6) is -0.287. The molecule has 0 aromatic rings. The van der Waals surface area contributed by atoms with E-state index in [2.05, 4.69) is 55.6 Å². The second-order valence-corrected chi connectivity index (χ2v) is 26.0. The van der Waals surface area contributed by atoms with E-state index in [1.807, 2.05) is 6.08 Å². The zero-order valence-corrected chi connectivity index (χ0v) is 56.3. The number of carbonyl (C=O) groups is 1. The van der Waals surface area contributed by atoms with Crippen LogP contribution in [0.1, 0.15) is 271 Å². The molecule has 0 aromatic carbocycles. The third-order valence-corrected chi connectivity index (χ3v) is 18.1. The zero-order chi connectivity index (χ0) is 66.1. The van der Waals surface area contributed by atoms with E-state index in [0.29, 0.717) is 12.8 Å². The SMILES string of the molecule is CCCCCCC/C=C/CC/C=C/CC/C=C/C(O)C(COC1OC(CO)C(OC2OC(CO)C(OC3OC(CO)C(O)C(O)C3O)C(O)C2O)C(O)C1O)NC(=O)CCCCCCCCCCCCCCCCCCCCC/C=C\CCCCCCCCCC. The number of unbranched alkanes of at least 4 members (excludes halogenated alkanes) is 34. The predicted molar refractivity (Wildman–Crippen MR) is 356 cm³/mol. The number of hydrogen-bond acceptors (Lipinski definition) is 18. The first-order valence-corrected chi connectivity index (χ1v) is 36.4. The molecule has 0 bridgehead atoms. The summed E-state index contributed by atoms with van der Waals surface area (Å²) in [6.07, 6.45) is 38.3. The van der Waals surface area contributed by atoms with Crippen molar-refractivity contribution in [2.45, 2.75) is 375 Å². The third kappa shape index (κ3) is 35.5. The number of rotatable bonds is 56. The summed E-state index contributed by atoms with van der Waals surface area (Å²) in [4.78, 5) is 13.4. The molecule has 532 valence electrons. The summed E-state index contributed by atoms with van der Waals surface area (Å²) < 4.78 is 34.3. The van der Waals surface area contributed by atoms with Crippen LogP contribution < -0.4 is 5.32 Å². The molecule has 3 aliphatic rings. The summed E-state index contributed by atoms with van der Waals surface area (Å²) >= 11 is 0. The first-order valence-electron chi connectivity index (χ1n) is 36.4. The van der Waals surface area contributed by atoms with E-state index >= 15 is 0 Å². The van der Waals surface area contributed by atoms with Crippen molar-refractivity contribution in [3.8, 4) is 0 Å². The molecule has 3 rings (SSSR count). The molecule has 3 aliphatic heterocycles. The Bertz CT molecular complexity index is 1840. The summed E-state index contributed by atoms with van der Waals surface area (Å²) in [6, 6.07) is -0.996. The van der Waals surface area contributed by atoms with Crippen LogP contribution in [-0.2, 0) is 33.2 Å². The molecule has 17 atom stereocenters. The van der Waals surface area contributed by atoms with E-state index in [0.717, 1.165) is 44.9 Å². The summed E-state index contributed by atoms with van der Waals surface area (Å²) in [5.41, 5.74) is 0. The fourth-order valence-corrected chi connectivity index (χ4v) is 12.2. The number of aliphatic hydroxyl groups is 11. The van der Waals surface area contributed by atoms with Gasteiger partial charge in [-0.2, -0.15) is 0 Å². The minimum absolute atomic E-state index is 0.234. The Morgan fingerprint density at radius 3 is 1.10 bits per heavy atom. The van der Waals surface area contributed by atoms with Crippen LogP contribution in [-0.4, -0.2) is 193 Å². The Kier molecular flexibility index (Phi) is 49.1. The highest BCUT2D eigenvalue weighted by molar-refractivity contribution is 5.76. The second kappa shape index (κ2) is 53.8. The lowest BCUT2D eigenvalue weighted by Gasteiger charge is -2.48. The van der Waals surface area contributed by atoms with E-state index in [9.17, 15) is 61.0 Å². The average molecular weight is 1300 g/mol. The highest BCUT2D eigenvalue weighted by Gasteiger charge is 2.53. The van der Waals surface area contributed by atoms with Gasteiger partial charge in [-0.15, -0.1) is 0 Å². The van der Waals surface area contributed by atoms with Crippen molar-refractivity contribution in [1.82, 2.24) is 5.32 Å². The zero-order valence-electron chi connectivity index (χ0n) is 56.3. The van der Waals surface area contributed by atoms with Gasteiger partial charge in [0.25, 0.3) is 0 Å². The molecule has 3 saturated heterocycles. The minimum Gasteiger partial charge on any atom is -0.394 e. The van der Waals surface area contributed by atoms with Gasteiger partial charge in [0.15, 0.2) is 18.9 Å². The maximum Gasteiger partial charge on any atom is 0.220 e. The Morgan fingerprint density at radius 2 is 0.703 bits per heavy atom. The second-order valence-electron chi connectivity index (χ2n) is 26.0. The standard InChI is InChI=1S/C72H131NO18/c1-3-5-7-9-11-13-15-17-19-20-21-22-23-24-25-26-27-28-29-30-31-32-33-34-36-38-40-42-44-46-48-50-60(78)73-55(56(77)49-47-45-43-41-39-37-35-18-16-14-12-10-8-6-4-2)54-86-70-66(84)63(81)68(58(52-75)88-70)91-72-67(85)64(82)69(59(53-76)89-72)90-71-65(83)62(80)61(79)57(51-74)87-71/h16,18,20-21,39,41,47,49,55-59,61-72,74-77,79-85H,3-15,17,19,22-38,40,42-46,48,50-54H2,1-2H3,(H,73,78)/b18-16+,21-20-,41-39+,49-47+. The molecule has 19 nitrogen and oxygen atoms in total. The van der Waals surface area contributed by atoms with E-state index < -0.39 is 124 Å². The first-order chi connectivity index (χ1) is 44.3. The molecule has 12 N–H and O–H groups in total. The van der Waals surface area contributed by atoms with Crippen molar-refractivity contribution in [1.29, 1.82) is 0 Å². The molecule has 91 heavy (non-hydrogen) atoms. The van der Waals surface area contributed by atoms with Gasteiger partial charge >= 0.3 is 0 Å². The van der Waals surface area contributed by atoms with Crippen LogP contribution in [0, 0.1) is 0 Å². The van der Waals surface area contributed by atoms with Gasteiger partial charge in [-0.3, -0.25) is 4.79 Å². The number of allylic oxidation sites excluding steroid dienone is 7. The molecule has 0 spiro atoms. The number of ether oxygens (including phenoxy) is 6. The summed E-state index contributed by atoms with van der Waals surface area (Å²) in [6.45, 7) is 1.70. The van der Waals surface area contributed by atoms with Crippen LogP contribution >= 0.6 is 0 Å². The third-order valence-electron chi connectivity index (χ3n) is 18.1. The lowest BCUT2D eigenvalue weighted by atomic mass is 9.96. The first kappa shape index (κ1) is 83.0. The lowest BCUT2D eigenvalue weighted by molar-refractivity contribution is -0.379. The topological polar surface area (TPSA) is 307 Å². The average Bonchev–Trinajstić information content (AvgIpc) is 0.888. The van der Waals surface area contributed by atoms with Gasteiger partial charge in [0.1, 0.15) is 73.2 Å². The molecular formula is C72H131NO18. The van der Waals surface area contributed by atoms with Crippen LogP contribution in [0.4, 0.5) is 0 Å². The van der Waals surface area contributed by atoms with Crippen molar-refractivity contribution in [3.05, 3.63) is 48.6 Å². The van der Waals surface area contributed by atoms with Gasteiger partial charge < -0.3 is 89.9 Å². The highest BCUT2D eigenvalue weighted by Crippen LogP contribution is 2.33. The molecule has 0 saturated carbocycles. The van der Waals surface area contributed by atoms with Crippen molar-refractivity contribution in [2.75, 3.05) is 26.4 Å². The Balaban J connectivity index is 1.38. The van der Waals surface area contributed by atoms with Crippen molar-refractivity contribution in [2.24, 2.45) is 0 Å². The fourth-order valence-electron chi connectivity index (χ4n) is 12.2. The fraction of sp³-hybridized carbons (Fsp3) is 0.875. The van der Waals surface area contributed by atoms with Crippen molar-refractivity contribution >= 4 is 5.91 Å². The number of nitrogens with one attached hydrogen (secondary N) is 1. The molecule has 17 unspecified atom stereocenters. The summed E-state index contributed by atoms with van der Waals surface area (Å²) in [5, 5.41) is 120. The molecule has 0 aromatic heterocycles. The van der Waals surface area contributed by atoms with E-state index in [-0.39, 0.29) is 18.9 Å². The normalized spacial score (nSPS) is 28.1. The number of carbonyl (C=O) groups excluding carboxylic acids is 1. The van der Waals surface area contributed by atoms with Gasteiger partial charge in [0.05, 0.1) is 38.6 Å². The highest BCUT2D eigenvalue weighted by atomic mass is 16.8. The number of amides is 1. The Hall–Kier alpha value is -2.25. The van der Waals surface area contributed by atoms with Gasteiger partial charge in [0.2, 0.25) is 5.91 Å². The lowest BCUT2D eigenvalue weighted by Crippen LogP contribution is -2.66. The van der Waals surface area contributed by atoms with E-state index in [1.54, 1.807) is 6.08 Å². The Labute approximate surface area is 548 Å². The van der Waals surface area contributed by atoms with Crippen LogP contribution in [0.15, 0.2) is 48.6 Å². The Morgan fingerprint density at radius 1 is 0.385 bits per heavy atom. The molecule has 3 fully saturated rings. The molecular weight excluding hydrogens is 1170 g/mol. The maximum atomic E-state index is 13.4. The van der Waals surface area contributed by atoms with Crippen molar-refractivity contribution in [3.63, 3.8) is 0 Å². The van der Waals surface area contributed by atoms with Crippen LogP contribution in [0.3, 0.4) is 0 Å². The van der Waals surface area contributed by atoms with Crippen LogP contribution in [0.5, 0.6) is 0 Å². The predicted octanol–water partition coefficient (Wildman–Crippen LogP) is 10.2. The van der Waals surface area contributed by atoms with Crippen molar-refractivity contribution < 1.29 is 89.4 Å². The monoisotopic (exact) mass is 1300 g/mol. The van der Waals surface area contributed by atoms with Gasteiger partial charge in [-0.05, 0) is 70.6 Å².